The minimum absolute atomic E-state index is 0.265. The monoisotopic (exact) mass is 212 g/mol. The van der Waals surface area contributed by atoms with E-state index in [1.807, 2.05) is 13.8 Å². The van der Waals surface area contributed by atoms with Gasteiger partial charge in [-0.1, -0.05) is 13.8 Å². The maximum Gasteiger partial charge on any atom is 0.310 e. The van der Waals surface area contributed by atoms with E-state index in [4.69, 9.17) is 9.84 Å². The molecule has 0 aromatic carbocycles. The average molecular weight is 212 g/mol. The maximum absolute atomic E-state index is 11.6. The molecule has 3 atom stereocenters. The first kappa shape index (κ1) is 10.5. The minimum Gasteiger partial charge on any atom is -0.481 e. The lowest BCUT2D eigenvalue weighted by Gasteiger charge is -2.35. The maximum atomic E-state index is 11.6. The number of rotatable bonds is 2. The van der Waals surface area contributed by atoms with Crippen LogP contribution in [0.1, 0.15) is 33.1 Å². The lowest BCUT2D eigenvalue weighted by molar-refractivity contribution is -0.154. The van der Waals surface area contributed by atoms with Crippen molar-refractivity contribution < 1.29 is 19.4 Å². The van der Waals surface area contributed by atoms with Crippen LogP contribution >= 0.6 is 0 Å². The molecule has 0 amide bonds. The van der Waals surface area contributed by atoms with Crippen molar-refractivity contribution in [2.45, 2.75) is 38.7 Å². The fourth-order valence-electron chi connectivity index (χ4n) is 2.77. The molecule has 0 radical (unpaired) electrons. The van der Waals surface area contributed by atoms with Crippen LogP contribution < -0.4 is 0 Å². The van der Waals surface area contributed by atoms with Crippen LogP contribution in [0.3, 0.4) is 0 Å². The van der Waals surface area contributed by atoms with Gasteiger partial charge in [0.25, 0.3) is 0 Å². The molecule has 0 unspecified atom stereocenters. The molecule has 84 valence electrons. The second-order valence-corrected chi connectivity index (χ2v) is 4.93. The van der Waals surface area contributed by atoms with Gasteiger partial charge in [0.1, 0.15) is 5.60 Å². The summed E-state index contributed by atoms with van der Waals surface area (Å²) < 4.78 is 5.41. The number of aliphatic carboxylic acids is 1. The van der Waals surface area contributed by atoms with Gasteiger partial charge >= 0.3 is 11.9 Å². The summed E-state index contributed by atoms with van der Waals surface area (Å²) in [6.07, 6.45) is 1.83. The quantitative estimate of drug-likeness (QED) is 0.703. The number of carboxylic acid groups (broad SMARTS) is 1. The summed E-state index contributed by atoms with van der Waals surface area (Å²) in [4.78, 5) is 22.5. The summed E-state index contributed by atoms with van der Waals surface area (Å²) in [5.74, 6) is -1.86. The molecular formula is C11H16O4. The molecule has 1 saturated carbocycles. The summed E-state index contributed by atoms with van der Waals surface area (Å²) >= 11 is 0. The molecular weight excluding hydrogens is 196 g/mol. The number of carbonyl (C=O) groups excluding carboxylic acids is 1. The minimum atomic E-state index is -0.865. The third-order valence-corrected chi connectivity index (χ3v) is 3.91. The summed E-state index contributed by atoms with van der Waals surface area (Å²) in [5.41, 5.74) is -0.381. The zero-order valence-corrected chi connectivity index (χ0v) is 9.03. The van der Waals surface area contributed by atoms with Crippen LogP contribution in [0.5, 0.6) is 0 Å². The molecule has 1 saturated heterocycles. The highest BCUT2D eigenvalue weighted by Gasteiger charge is 2.56. The van der Waals surface area contributed by atoms with Gasteiger partial charge in [-0.2, -0.15) is 0 Å². The number of esters is 1. The third kappa shape index (κ3) is 1.43. The standard InChI is InChI=1S/C11H16O4/c1-6(2)11-4-3-7(9(12)13)8(5-11)10(14)15-11/h6-8H,3-5H2,1-2H3,(H,12,13)/t7-,8-,11+/m1/s1. The summed E-state index contributed by atoms with van der Waals surface area (Å²) in [6.45, 7) is 4.05. The Labute approximate surface area is 88.6 Å². The Morgan fingerprint density at radius 3 is 2.80 bits per heavy atom. The van der Waals surface area contributed by atoms with Gasteiger partial charge < -0.3 is 9.84 Å². The molecule has 15 heavy (non-hydrogen) atoms. The molecule has 4 heteroatoms. The van der Waals surface area contributed by atoms with E-state index >= 15 is 0 Å². The summed E-state index contributed by atoms with van der Waals surface area (Å²) in [5, 5.41) is 8.99. The van der Waals surface area contributed by atoms with Crippen molar-refractivity contribution in [3.05, 3.63) is 0 Å². The topological polar surface area (TPSA) is 63.6 Å². The van der Waals surface area contributed by atoms with Crippen molar-refractivity contribution >= 4 is 11.9 Å². The summed E-state index contributed by atoms with van der Waals surface area (Å²) in [6, 6.07) is 0. The van der Waals surface area contributed by atoms with Crippen molar-refractivity contribution in [2.24, 2.45) is 17.8 Å². The molecule has 4 nitrogen and oxygen atoms in total. The highest BCUT2D eigenvalue weighted by atomic mass is 16.6. The van der Waals surface area contributed by atoms with E-state index in [1.165, 1.54) is 0 Å². The number of hydrogen-bond acceptors (Lipinski definition) is 3. The lowest BCUT2D eigenvalue weighted by atomic mass is 9.70. The zero-order valence-electron chi connectivity index (χ0n) is 9.03. The third-order valence-electron chi connectivity index (χ3n) is 3.91. The second-order valence-electron chi connectivity index (χ2n) is 4.93. The van der Waals surface area contributed by atoms with Crippen LogP contribution in [0, 0.1) is 17.8 Å². The van der Waals surface area contributed by atoms with E-state index in [0.29, 0.717) is 19.3 Å². The fraction of sp³-hybridized carbons (Fsp3) is 0.818. The van der Waals surface area contributed by atoms with Gasteiger partial charge in [-0.05, 0) is 18.8 Å². The molecule has 1 N–H and O–H groups in total. The van der Waals surface area contributed by atoms with E-state index < -0.39 is 17.8 Å². The van der Waals surface area contributed by atoms with Gasteiger partial charge in [0, 0.05) is 6.42 Å². The Balaban J connectivity index is 2.24. The van der Waals surface area contributed by atoms with Crippen LogP contribution in [-0.4, -0.2) is 22.6 Å². The molecule has 1 aliphatic heterocycles. The molecule has 0 aromatic heterocycles. The average Bonchev–Trinajstić information content (AvgIpc) is 2.40. The van der Waals surface area contributed by atoms with Crippen molar-refractivity contribution in [2.75, 3.05) is 0 Å². The first-order valence-corrected chi connectivity index (χ1v) is 5.42. The highest BCUT2D eigenvalue weighted by molar-refractivity contribution is 5.83. The van der Waals surface area contributed by atoms with Crippen LogP contribution in [-0.2, 0) is 14.3 Å². The van der Waals surface area contributed by atoms with Gasteiger partial charge in [0.05, 0.1) is 11.8 Å². The zero-order chi connectivity index (χ0) is 11.2. The first-order chi connectivity index (χ1) is 6.96. The van der Waals surface area contributed by atoms with Crippen LogP contribution in [0.15, 0.2) is 0 Å². The second kappa shape index (κ2) is 3.22. The molecule has 2 aliphatic rings. The Kier molecular flexibility index (Phi) is 2.24. The van der Waals surface area contributed by atoms with Crippen molar-refractivity contribution in [1.29, 1.82) is 0 Å². The Bertz CT molecular complexity index is 310. The van der Waals surface area contributed by atoms with E-state index in [9.17, 15) is 9.59 Å². The molecule has 0 spiro atoms. The highest BCUT2D eigenvalue weighted by Crippen LogP contribution is 2.49. The Morgan fingerprint density at radius 1 is 1.60 bits per heavy atom. The first-order valence-electron chi connectivity index (χ1n) is 5.42. The van der Waals surface area contributed by atoms with Crippen molar-refractivity contribution in [3.63, 3.8) is 0 Å². The predicted molar refractivity (Wildman–Crippen MR) is 52.1 cm³/mol. The van der Waals surface area contributed by atoms with E-state index in [0.717, 1.165) is 0 Å². The molecule has 1 aliphatic carbocycles. The van der Waals surface area contributed by atoms with E-state index in [1.54, 1.807) is 0 Å². The van der Waals surface area contributed by atoms with Crippen LogP contribution in [0.4, 0.5) is 0 Å². The van der Waals surface area contributed by atoms with Gasteiger partial charge in [-0.15, -0.1) is 0 Å². The van der Waals surface area contributed by atoms with Crippen molar-refractivity contribution in [1.82, 2.24) is 0 Å². The van der Waals surface area contributed by atoms with Gasteiger partial charge in [-0.25, -0.2) is 0 Å². The van der Waals surface area contributed by atoms with Gasteiger partial charge in [-0.3, -0.25) is 9.59 Å². The molecule has 0 aromatic rings. The largest absolute Gasteiger partial charge is 0.481 e. The van der Waals surface area contributed by atoms with Crippen LogP contribution in [0.25, 0.3) is 0 Å². The number of carbonyl (C=O) groups is 2. The number of ether oxygens (including phenoxy) is 1. The lowest BCUT2D eigenvalue weighted by Crippen LogP contribution is -2.39. The van der Waals surface area contributed by atoms with Gasteiger partial charge in [0.15, 0.2) is 0 Å². The summed E-state index contributed by atoms with van der Waals surface area (Å²) in [7, 11) is 0. The fourth-order valence-corrected chi connectivity index (χ4v) is 2.77. The smallest absolute Gasteiger partial charge is 0.310 e. The molecule has 1 heterocycles. The van der Waals surface area contributed by atoms with Gasteiger partial charge in [0.2, 0.25) is 0 Å². The SMILES string of the molecule is CC(C)[C@]12CC[C@@H](C(=O)O)[C@@H](C1)C(=O)O2. The number of carboxylic acids is 1. The Hall–Kier alpha value is -1.06. The predicted octanol–water partition coefficient (Wildman–Crippen LogP) is 1.44. The normalized spacial score (nSPS) is 39.3. The number of hydrogen-bond donors (Lipinski definition) is 1. The molecule has 2 bridgehead atoms. The molecule has 2 rings (SSSR count). The van der Waals surface area contributed by atoms with Crippen molar-refractivity contribution in [3.8, 4) is 0 Å². The molecule has 2 fully saturated rings. The number of fused-ring (bicyclic) bond motifs is 2. The van der Waals surface area contributed by atoms with E-state index in [-0.39, 0.29) is 17.5 Å². The van der Waals surface area contributed by atoms with E-state index in [2.05, 4.69) is 0 Å². The Morgan fingerprint density at radius 2 is 2.27 bits per heavy atom. The van der Waals surface area contributed by atoms with Crippen LogP contribution in [0.2, 0.25) is 0 Å².